The molecule has 186 valence electrons. The van der Waals surface area contributed by atoms with Gasteiger partial charge in [0.15, 0.2) is 0 Å². The molecule has 2 saturated carbocycles. The zero-order chi connectivity index (χ0) is 24.5. The molecule has 37 heavy (non-hydrogen) atoms. The molecule has 5 aromatic carbocycles. The van der Waals surface area contributed by atoms with Crippen LogP contribution in [-0.4, -0.2) is 6.54 Å². The van der Waals surface area contributed by atoms with Crippen molar-refractivity contribution in [2.45, 2.75) is 83.0 Å². The fraction of sp³-hybridized carbons (Fsp3) is 0.389. The molecule has 1 nitrogen and oxygen atoms in total. The average Bonchev–Trinajstić information content (AvgIpc) is 2.97. The highest BCUT2D eigenvalue weighted by molar-refractivity contribution is 6.31. The van der Waals surface area contributed by atoms with Crippen molar-refractivity contribution in [2.75, 3.05) is 11.4 Å². The Labute approximate surface area is 220 Å². The first-order valence-corrected chi connectivity index (χ1v) is 15.0. The van der Waals surface area contributed by atoms with Crippen molar-refractivity contribution in [1.29, 1.82) is 0 Å². The van der Waals surface area contributed by atoms with Crippen LogP contribution in [-0.2, 0) is 0 Å². The van der Waals surface area contributed by atoms with Crippen molar-refractivity contribution >= 4 is 43.7 Å². The van der Waals surface area contributed by atoms with Gasteiger partial charge in [0.1, 0.15) is 0 Å². The molecule has 1 heteroatoms. The average molecular weight is 484 g/mol. The first-order valence-electron chi connectivity index (χ1n) is 15.0. The van der Waals surface area contributed by atoms with Gasteiger partial charge in [0, 0.05) is 28.6 Å². The van der Waals surface area contributed by atoms with Gasteiger partial charge in [-0.3, -0.25) is 0 Å². The lowest BCUT2D eigenvalue weighted by atomic mass is 9.76. The highest BCUT2D eigenvalue weighted by Crippen LogP contribution is 2.54. The molecule has 0 saturated heterocycles. The summed E-state index contributed by atoms with van der Waals surface area (Å²) in [5.41, 5.74) is 8.89. The summed E-state index contributed by atoms with van der Waals surface area (Å²) >= 11 is 0. The summed E-state index contributed by atoms with van der Waals surface area (Å²) in [6.07, 6.45) is 13.7. The Morgan fingerprint density at radius 2 is 1.27 bits per heavy atom. The van der Waals surface area contributed by atoms with Gasteiger partial charge in [-0.2, -0.15) is 0 Å². The third kappa shape index (κ3) is 3.16. The van der Waals surface area contributed by atoms with E-state index < -0.39 is 0 Å². The highest BCUT2D eigenvalue weighted by atomic mass is 15.1. The molecule has 0 amide bonds. The fourth-order valence-corrected chi connectivity index (χ4v) is 8.40. The largest absolute Gasteiger partial charge is 0.341 e. The van der Waals surface area contributed by atoms with Crippen LogP contribution in [0.4, 0.5) is 11.4 Å². The minimum Gasteiger partial charge on any atom is -0.341 e. The van der Waals surface area contributed by atoms with E-state index in [0.29, 0.717) is 5.92 Å². The Balaban J connectivity index is 1.52. The first kappa shape index (κ1) is 22.0. The zero-order valence-corrected chi connectivity index (χ0v) is 22.2. The second-order valence-corrected chi connectivity index (χ2v) is 12.0. The van der Waals surface area contributed by atoms with E-state index >= 15 is 0 Å². The summed E-state index contributed by atoms with van der Waals surface area (Å²) in [4.78, 5) is 2.56. The third-order valence-electron chi connectivity index (χ3n) is 10.1. The lowest BCUT2D eigenvalue weighted by molar-refractivity contribution is 0.445. The van der Waals surface area contributed by atoms with Crippen LogP contribution >= 0.6 is 0 Å². The maximum atomic E-state index is 2.62. The molecule has 2 fully saturated rings. The number of para-hydroxylation sites is 1. The maximum absolute atomic E-state index is 2.62. The summed E-state index contributed by atoms with van der Waals surface area (Å²) < 4.78 is 0. The van der Waals surface area contributed by atoms with Gasteiger partial charge in [-0.05, 0) is 101 Å². The smallest absolute Gasteiger partial charge is 0.0503 e. The van der Waals surface area contributed by atoms with Crippen molar-refractivity contribution in [1.82, 2.24) is 0 Å². The molecule has 0 bridgehead atoms. The van der Waals surface area contributed by atoms with Gasteiger partial charge < -0.3 is 4.90 Å². The van der Waals surface area contributed by atoms with Crippen LogP contribution in [0.25, 0.3) is 43.4 Å². The van der Waals surface area contributed by atoms with E-state index in [9.17, 15) is 0 Å². The van der Waals surface area contributed by atoms with E-state index in [2.05, 4.69) is 72.5 Å². The SMILES string of the molecule is CCN1c2ccccc2-c2cc(C3CCCCC3)c3ccc4c(C5CCCCC5)ccc5cc1c2c3c54. The number of rotatable bonds is 3. The molecule has 5 aromatic rings. The predicted octanol–water partition coefficient (Wildman–Crippen LogP) is 10.8. The molecule has 3 aliphatic rings. The summed E-state index contributed by atoms with van der Waals surface area (Å²) in [5.74, 6) is 1.41. The van der Waals surface area contributed by atoms with E-state index in [4.69, 9.17) is 0 Å². The van der Waals surface area contributed by atoms with Crippen LogP contribution in [0.2, 0.25) is 0 Å². The second-order valence-electron chi connectivity index (χ2n) is 12.0. The van der Waals surface area contributed by atoms with Crippen LogP contribution in [0.5, 0.6) is 0 Å². The summed E-state index contributed by atoms with van der Waals surface area (Å²) in [6, 6.07) is 24.3. The molecule has 0 radical (unpaired) electrons. The number of fused-ring (bicyclic) bond motifs is 2. The minimum atomic E-state index is 0.687. The van der Waals surface area contributed by atoms with E-state index in [-0.39, 0.29) is 0 Å². The number of hydrogen-bond donors (Lipinski definition) is 0. The van der Waals surface area contributed by atoms with Gasteiger partial charge in [0.25, 0.3) is 0 Å². The van der Waals surface area contributed by atoms with Crippen LogP contribution in [0.1, 0.15) is 94.1 Å². The van der Waals surface area contributed by atoms with Crippen LogP contribution in [0, 0.1) is 0 Å². The van der Waals surface area contributed by atoms with Crippen molar-refractivity contribution in [3.8, 4) is 11.1 Å². The Morgan fingerprint density at radius 1 is 0.595 bits per heavy atom. The second kappa shape index (κ2) is 8.48. The predicted molar refractivity (Wildman–Crippen MR) is 160 cm³/mol. The maximum Gasteiger partial charge on any atom is 0.0503 e. The van der Waals surface area contributed by atoms with Crippen molar-refractivity contribution in [3.63, 3.8) is 0 Å². The molecule has 0 unspecified atom stereocenters. The molecular weight excluding hydrogens is 446 g/mol. The van der Waals surface area contributed by atoms with Gasteiger partial charge in [-0.25, -0.2) is 0 Å². The van der Waals surface area contributed by atoms with Crippen LogP contribution < -0.4 is 4.90 Å². The standard InChI is InChI=1S/C36H37N/c1-2-37-32-16-10-9-15-27(32)31-22-30(24-13-7-4-8-14-24)29-20-19-28-26(23-11-5-3-6-12-23)18-17-25-21-33(37)35(31)36(29)34(25)28/h9-10,15-24H,2-8,11-14H2,1H3. The van der Waals surface area contributed by atoms with Crippen molar-refractivity contribution in [3.05, 3.63) is 71.8 Å². The highest BCUT2D eigenvalue weighted by Gasteiger charge is 2.30. The molecule has 2 aliphatic carbocycles. The van der Waals surface area contributed by atoms with Gasteiger partial charge in [0.05, 0.1) is 5.69 Å². The molecule has 0 aromatic heterocycles. The summed E-state index contributed by atoms with van der Waals surface area (Å²) in [5, 5.41) is 9.06. The summed E-state index contributed by atoms with van der Waals surface area (Å²) in [7, 11) is 0. The number of hydrogen-bond acceptors (Lipinski definition) is 1. The van der Waals surface area contributed by atoms with Gasteiger partial charge in [0.2, 0.25) is 0 Å². The number of benzene rings is 5. The molecule has 1 aliphatic heterocycles. The van der Waals surface area contributed by atoms with Crippen molar-refractivity contribution in [2.24, 2.45) is 0 Å². The minimum absolute atomic E-state index is 0.687. The van der Waals surface area contributed by atoms with E-state index in [1.807, 2.05) is 0 Å². The van der Waals surface area contributed by atoms with Gasteiger partial charge in [-0.15, -0.1) is 0 Å². The van der Waals surface area contributed by atoms with Gasteiger partial charge in [-0.1, -0.05) is 81.0 Å². The molecule has 0 atom stereocenters. The zero-order valence-electron chi connectivity index (χ0n) is 22.2. The van der Waals surface area contributed by atoms with E-state index in [1.54, 1.807) is 16.5 Å². The first-order chi connectivity index (χ1) is 18.3. The number of anilines is 2. The van der Waals surface area contributed by atoms with Crippen LogP contribution in [0.3, 0.4) is 0 Å². The number of nitrogens with zero attached hydrogens (tertiary/aromatic N) is 1. The monoisotopic (exact) mass is 483 g/mol. The lowest BCUT2D eigenvalue weighted by Gasteiger charge is -2.35. The molecule has 1 heterocycles. The third-order valence-corrected chi connectivity index (χ3v) is 10.1. The van der Waals surface area contributed by atoms with Gasteiger partial charge >= 0.3 is 0 Å². The molecule has 8 rings (SSSR count). The molecule has 0 spiro atoms. The van der Waals surface area contributed by atoms with Crippen LogP contribution in [0.15, 0.2) is 60.7 Å². The molecular formula is C36H37N. The molecule has 0 N–H and O–H groups in total. The summed E-state index contributed by atoms with van der Waals surface area (Å²) in [6.45, 7) is 3.29. The Morgan fingerprint density at radius 3 is 2.00 bits per heavy atom. The fourth-order valence-electron chi connectivity index (χ4n) is 8.40. The Hall–Kier alpha value is -3.06. The Kier molecular flexibility index (Phi) is 5.04. The van der Waals surface area contributed by atoms with E-state index in [0.717, 1.165) is 12.5 Å². The lowest BCUT2D eigenvalue weighted by Crippen LogP contribution is -2.20. The van der Waals surface area contributed by atoms with Crippen molar-refractivity contribution < 1.29 is 0 Å². The topological polar surface area (TPSA) is 3.24 Å². The quantitative estimate of drug-likeness (QED) is 0.231. The van der Waals surface area contributed by atoms with E-state index in [1.165, 1.54) is 114 Å². The normalized spacial score (nSPS) is 18.8. The Bertz CT molecular complexity index is 1630.